The molecule has 0 bridgehead atoms. The van der Waals surface area contributed by atoms with Gasteiger partial charge in [0.2, 0.25) is 5.91 Å². The number of nitriles is 1. The first-order valence-electron chi connectivity index (χ1n) is 8.94. The fourth-order valence-electron chi connectivity index (χ4n) is 3.12. The van der Waals surface area contributed by atoms with Gasteiger partial charge in [0.05, 0.1) is 29.8 Å². The quantitative estimate of drug-likeness (QED) is 0.609. The summed E-state index contributed by atoms with van der Waals surface area (Å²) < 4.78 is 5.31. The van der Waals surface area contributed by atoms with Crippen LogP contribution in [0.25, 0.3) is 0 Å². The molecule has 1 heterocycles. The van der Waals surface area contributed by atoms with Crippen LogP contribution in [-0.2, 0) is 16.0 Å². The number of morpholine rings is 1. The number of carbonyl (C=O) groups excluding carboxylic acids is 1. The number of ether oxygens (including phenoxy) is 1. The van der Waals surface area contributed by atoms with Crippen LogP contribution in [0.5, 0.6) is 0 Å². The van der Waals surface area contributed by atoms with E-state index in [1.54, 1.807) is 4.90 Å². The van der Waals surface area contributed by atoms with Crippen molar-refractivity contribution in [1.29, 1.82) is 5.26 Å². The van der Waals surface area contributed by atoms with Gasteiger partial charge in [-0.3, -0.25) is 14.9 Å². The van der Waals surface area contributed by atoms with Crippen molar-refractivity contribution in [3.63, 3.8) is 0 Å². The molecule has 1 unspecified atom stereocenters. The lowest BCUT2D eigenvalue weighted by Gasteiger charge is -2.31. The van der Waals surface area contributed by atoms with Crippen molar-refractivity contribution in [3.8, 4) is 6.07 Å². The van der Waals surface area contributed by atoms with Gasteiger partial charge in [-0.1, -0.05) is 30.3 Å². The Balaban J connectivity index is 1.89. The summed E-state index contributed by atoms with van der Waals surface area (Å²) >= 11 is 0. The Labute approximate surface area is 162 Å². The van der Waals surface area contributed by atoms with E-state index in [-0.39, 0.29) is 22.8 Å². The van der Waals surface area contributed by atoms with Crippen molar-refractivity contribution >= 4 is 17.3 Å². The van der Waals surface area contributed by atoms with Crippen molar-refractivity contribution < 1.29 is 14.5 Å². The van der Waals surface area contributed by atoms with E-state index >= 15 is 0 Å². The highest BCUT2D eigenvalue weighted by Crippen LogP contribution is 2.27. The number of nitro groups is 1. The number of nitrogens with zero attached hydrogens (tertiary/aromatic N) is 3. The van der Waals surface area contributed by atoms with E-state index in [1.165, 1.54) is 18.2 Å². The normalized spacial score (nSPS) is 14.8. The molecule has 2 aromatic carbocycles. The second-order valence-electron chi connectivity index (χ2n) is 6.43. The van der Waals surface area contributed by atoms with Gasteiger partial charge in [-0.15, -0.1) is 0 Å². The highest BCUT2D eigenvalue weighted by atomic mass is 16.6. The summed E-state index contributed by atoms with van der Waals surface area (Å²) in [4.78, 5) is 25.7. The van der Waals surface area contributed by atoms with Crippen LogP contribution < -0.4 is 5.32 Å². The molecule has 1 fully saturated rings. The number of anilines is 1. The summed E-state index contributed by atoms with van der Waals surface area (Å²) in [7, 11) is 0. The van der Waals surface area contributed by atoms with E-state index in [9.17, 15) is 14.9 Å². The largest absolute Gasteiger partial charge is 0.378 e. The van der Waals surface area contributed by atoms with Crippen molar-refractivity contribution in [2.75, 3.05) is 31.6 Å². The molecule has 0 saturated carbocycles. The van der Waals surface area contributed by atoms with Crippen molar-refractivity contribution in [3.05, 3.63) is 69.8 Å². The standard InChI is InChI=1S/C20H20N4O4/c21-14-16-6-7-17(19(13-16)24(26)27)22-18(12-15-4-2-1-3-5-15)20(25)23-8-10-28-11-9-23/h1-7,13,18,22H,8-12H2. The minimum absolute atomic E-state index is 0.134. The zero-order valence-corrected chi connectivity index (χ0v) is 15.2. The lowest BCUT2D eigenvalue weighted by atomic mass is 10.0. The maximum atomic E-state index is 13.1. The van der Waals surface area contributed by atoms with Gasteiger partial charge in [0, 0.05) is 25.6 Å². The van der Waals surface area contributed by atoms with E-state index in [0.717, 1.165) is 5.56 Å². The third kappa shape index (κ3) is 4.64. The molecule has 8 heteroatoms. The molecule has 8 nitrogen and oxygen atoms in total. The summed E-state index contributed by atoms with van der Waals surface area (Å²) in [5.41, 5.74) is 1.12. The van der Waals surface area contributed by atoms with Gasteiger partial charge in [0.1, 0.15) is 11.7 Å². The van der Waals surface area contributed by atoms with Gasteiger partial charge in [0.15, 0.2) is 0 Å². The Morgan fingerprint density at radius 3 is 2.61 bits per heavy atom. The van der Waals surface area contributed by atoms with Crippen LogP contribution in [0.4, 0.5) is 11.4 Å². The third-order valence-corrected chi connectivity index (χ3v) is 4.56. The molecule has 1 atom stereocenters. The van der Waals surface area contributed by atoms with Crippen molar-refractivity contribution in [1.82, 2.24) is 4.90 Å². The van der Waals surface area contributed by atoms with Crippen LogP contribution >= 0.6 is 0 Å². The van der Waals surface area contributed by atoms with E-state index in [0.29, 0.717) is 32.7 Å². The van der Waals surface area contributed by atoms with Gasteiger partial charge in [0.25, 0.3) is 5.69 Å². The molecule has 28 heavy (non-hydrogen) atoms. The smallest absolute Gasteiger partial charge is 0.293 e. The maximum absolute atomic E-state index is 13.1. The average molecular weight is 380 g/mol. The fraction of sp³-hybridized carbons (Fsp3) is 0.300. The molecule has 2 aromatic rings. The van der Waals surface area contributed by atoms with E-state index in [2.05, 4.69) is 5.32 Å². The van der Waals surface area contributed by atoms with Crippen LogP contribution in [0, 0.1) is 21.4 Å². The topological polar surface area (TPSA) is 108 Å². The monoisotopic (exact) mass is 380 g/mol. The molecule has 1 aliphatic rings. The SMILES string of the molecule is N#Cc1ccc(NC(Cc2ccccc2)C(=O)N2CCOCC2)c([N+](=O)[O-])c1. The Hall–Kier alpha value is -3.44. The predicted octanol–water partition coefficient (Wildman–Crippen LogP) is 2.35. The Morgan fingerprint density at radius 1 is 1.25 bits per heavy atom. The molecular formula is C20H20N4O4. The number of benzene rings is 2. The zero-order valence-electron chi connectivity index (χ0n) is 15.2. The molecule has 0 spiro atoms. The number of amides is 1. The molecule has 144 valence electrons. The number of nitro benzene ring substituents is 1. The number of hydrogen-bond acceptors (Lipinski definition) is 6. The Bertz CT molecular complexity index is 889. The molecule has 0 aromatic heterocycles. The molecule has 0 aliphatic carbocycles. The minimum Gasteiger partial charge on any atom is -0.378 e. The van der Waals surface area contributed by atoms with Gasteiger partial charge >= 0.3 is 0 Å². The Kier molecular flexibility index (Phi) is 6.19. The summed E-state index contributed by atoms with van der Waals surface area (Å²) in [6, 6.07) is 14.9. The minimum atomic E-state index is -0.674. The van der Waals surface area contributed by atoms with Crippen LogP contribution in [0.15, 0.2) is 48.5 Å². The van der Waals surface area contributed by atoms with Gasteiger partial charge in [-0.05, 0) is 17.7 Å². The highest BCUT2D eigenvalue weighted by molar-refractivity contribution is 5.86. The van der Waals surface area contributed by atoms with Gasteiger partial charge in [-0.2, -0.15) is 5.26 Å². The fourth-order valence-corrected chi connectivity index (χ4v) is 3.12. The van der Waals surface area contributed by atoms with Crippen LogP contribution in [0.2, 0.25) is 0 Å². The van der Waals surface area contributed by atoms with Gasteiger partial charge in [-0.25, -0.2) is 0 Å². The van der Waals surface area contributed by atoms with E-state index in [4.69, 9.17) is 10.00 Å². The molecule has 1 saturated heterocycles. The molecule has 1 aliphatic heterocycles. The number of nitrogens with one attached hydrogen (secondary N) is 1. The second kappa shape index (κ2) is 8.97. The van der Waals surface area contributed by atoms with Crippen molar-refractivity contribution in [2.24, 2.45) is 0 Å². The Morgan fingerprint density at radius 2 is 1.96 bits per heavy atom. The first-order valence-corrected chi connectivity index (χ1v) is 8.94. The highest BCUT2D eigenvalue weighted by Gasteiger charge is 2.28. The molecule has 1 N–H and O–H groups in total. The van der Waals surface area contributed by atoms with Crippen LogP contribution in [-0.4, -0.2) is 48.1 Å². The number of rotatable bonds is 6. The summed E-state index contributed by atoms with van der Waals surface area (Å²) in [5, 5.41) is 23.5. The number of carbonyl (C=O) groups is 1. The lowest BCUT2D eigenvalue weighted by molar-refractivity contribution is -0.384. The predicted molar refractivity (Wildman–Crippen MR) is 103 cm³/mol. The lowest BCUT2D eigenvalue weighted by Crippen LogP contribution is -2.48. The van der Waals surface area contributed by atoms with Crippen LogP contribution in [0.1, 0.15) is 11.1 Å². The zero-order chi connectivity index (χ0) is 19.9. The molecule has 1 amide bonds. The summed E-state index contributed by atoms with van der Waals surface area (Å²) in [6.07, 6.45) is 0.383. The summed E-state index contributed by atoms with van der Waals surface area (Å²) in [6.45, 7) is 1.92. The van der Waals surface area contributed by atoms with Gasteiger partial charge < -0.3 is 15.0 Å². The second-order valence-corrected chi connectivity index (χ2v) is 6.43. The van der Waals surface area contributed by atoms with E-state index < -0.39 is 11.0 Å². The molecule has 0 radical (unpaired) electrons. The third-order valence-electron chi connectivity index (χ3n) is 4.56. The summed E-state index contributed by atoms with van der Waals surface area (Å²) in [5.74, 6) is -0.134. The van der Waals surface area contributed by atoms with E-state index in [1.807, 2.05) is 36.4 Å². The van der Waals surface area contributed by atoms with Crippen LogP contribution in [0.3, 0.4) is 0 Å². The number of hydrogen-bond donors (Lipinski definition) is 1. The van der Waals surface area contributed by atoms with Crippen molar-refractivity contribution in [2.45, 2.75) is 12.5 Å². The molecular weight excluding hydrogens is 360 g/mol. The first-order chi connectivity index (χ1) is 13.6. The molecule has 3 rings (SSSR count). The average Bonchev–Trinajstić information content (AvgIpc) is 2.74. The maximum Gasteiger partial charge on any atom is 0.293 e. The first kappa shape index (κ1) is 19.3.